The largest absolute Gasteiger partial charge is 0.493 e. The zero-order valence-electron chi connectivity index (χ0n) is 16.1. The Morgan fingerprint density at radius 1 is 1.29 bits per heavy atom. The molecule has 1 saturated carbocycles. The van der Waals surface area contributed by atoms with Crippen LogP contribution in [0.5, 0.6) is 11.5 Å². The van der Waals surface area contributed by atoms with Gasteiger partial charge >= 0.3 is 5.97 Å². The van der Waals surface area contributed by atoms with Gasteiger partial charge in [-0.05, 0) is 36.5 Å². The third-order valence-electron chi connectivity index (χ3n) is 5.41. The van der Waals surface area contributed by atoms with E-state index in [4.69, 9.17) is 14.2 Å². The van der Waals surface area contributed by atoms with Gasteiger partial charge < -0.3 is 19.5 Å². The first-order valence-electron chi connectivity index (χ1n) is 9.90. The second-order valence-electron chi connectivity index (χ2n) is 7.41. The van der Waals surface area contributed by atoms with Gasteiger partial charge in [0.15, 0.2) is 0 Å². The molecule has 6 heteroatoms. The van der Waals surface area contributed by atoms with Crippen LogP contribution in [-0.4, -0.2) is 37.8 Å². The smallest absolute Gasteiger partial charge is 0.340 e. The zero-order chi connectivity index (χ0) is 19.3. The number of carbonyl (C=O) groups excluding carboxylic acids is 1. The molecule has 2 heterocycles. The molecular formula is C22H26N2O4. The fourth-order valence-corrected chi connectivity index (χ4v) is 3.55. The normalized spacial score (nSPS) is 18.0. The highest BCUT2D eigenvalue weighted by molar-refractivity contribution is 5.95. The van der Waals surface area contributed by atoms with Crippen molar-refractivity contribution in [1.29, 1.82) is 0 Å². The van der Waals surface area contributed by atoms with Crippen LogP contribution < -0.4 is 14.8 Å². The second-order valence-corrected chi connectivity index (χ2v) is 7.41. The summed E-state index contributed by atoms with van der Waals surface area (Å²) in [5, 5.41) is 3.36. The van der Waals surface area contributed by atoms with E-state index in [-0.39, 0.29) is 11.9 Å². The lowest BCUT2D eigenvalue weighted by Gasteiger charge is -2.27. The number of ether oxygens (including phenoxy) is 3. The molecule has 0 radical (unpaired) electrons. The van der Waals surface area contributed by atoms with E-state index in [1.165, 1.54) is 20.0 Å². The topological polar surface area (TPSA) is 69.7 Å². The number of fused-ring (bicyclic) bond motifs is 1. The summed E-state index contributed by atoms with van der Waals surface area (Å²) in [6.07, 6.45) is 7.99. The molecule has 2 aromatic rings. The summed E-state index contributed by atoms with van der Waals surface area (Å²) < 4.78 is 16.6. The lowest BCUT2D eigenvalue weighted by Crippen LogP contribution is -2.21. The van der Waals surface area contributed by atoms with E-state index in [1.54, 1.807) is 18.5 Å². The summed E-state index contributed by atoms with van der Waals surface area (Å²) in [6.45, 7) is 2.13. The van der Waals surface area contributed by atoms with Crippen molar-refractivity contribution in [2.24, 2.45) is 5.92 Å². The number of benzene rings is 1. The third-order valence-corrected chi connectivity index (χ3v) is 5.41. The van der Waals surface area contributed by atoms with E-state index >= 15 is 0 Å². The van der Waals surface area contributed by atoms with E-state index in [0.29, 0.717) is 24.4 Å². The van der Waals surface area contributed by atoms with Crippen LogP contribution in [0.15, 0.2) is 36.7 Å². The van der Waals surface area contributed by atoms with Crippen molar-refractivity contribution in [1.82, 2.24) is 4.98 Å². The first-order chi connectivity index (χ1) is 13.7. The van der Waals surface area contributed by atoms with Gasteiger partial charge in [0.05, 0.1) is 37.8 Å². The van der Waals surface area contributed by atoms with Crippen molar-refractivity contribution in [3.63, 3.8) is 0 Å². The van der Waals surface area contributed by atoms with Gasteiger partial charge in [-0.15, -0.1) is 0 Å². The molecule has 1 unspecified atom stereocenters. The third kappa shape index (κ3) is 4.38. The van der Waals surface area contributed by atoms with Gasteiger partial charge in [0.25, 0.3) is 0 Å². The monoisotopic (exact) mass is 382 g/mol. The predicted octanol–water partition coefficient (Wildman–Crippen LogP) is 4.03. The quantitative estimate of drug-likeness (QED) is 0.695. The Morgan fingerprint density at radius 2 is 2.18 bits per heavy atom. The van der Waals surface area contributed by atoms with Crippen molar-refractivity contribution in [3.8, 4) is 11.5 Å². The van der Waals surface area contributed by atoms with E-state index in [0.717, 1.165) is 42.4 Å². The molecule has 1 fully saturated rings. The Hall–Kier alpha value is -2.76. The Balaban J connectivity index is 1.41. The highest BCUT2D eigenvalue weighted by Crippen LogP contribution is 2.37. The number of esters is 1. The molecule has 0 bridgehead atoms. The number of hydrogen-bond donors (Lipinski definition) is 1. The van der Waals surface area contributed by atoms with Gasteiger partial charge in [-0.25, -0.2) is 4.79 Å². The minimum Gasteiger partial charge on any atom is -0.493 e. The minimum absolute atomic E-state index is 0.287. The van der Waals surface area contributed by atoms with Crippen molar-refractivity contribution in [2.75, 3.05) is 32.2 Å². The molecule has 1 aliphatic carbocycles. The fraction of sp³-hybridized carbons (Fsp3) is 0.455. The van der Waals surface area contributed by atoms with Gasteiger partial charge in [-0.1, -0.05) is 18.9 Å². The van der Waals surface area contributed by atoms with Crippen LogP contribution in [0.1, 0.15) is 47.5 Å². The lowest BCUT2D eigenvalue weighted by molar-refractivity contribution is 0.0601. The number of nitrogens with one attached hydrogen (secondary N) is 1. The van der Waals surface area contributed by atoms with Crippen molar-refractivity contribution >= 4 is 11.7 Å². The maximum atomic E-state index is 11.9. The van der Waals surface area contributed by atoms with Crippen molar-refractivity contribution < 1.29 is 19.0 Å². The Bertz CT molecular complexity index is 835. The van der Waals surface area contributed by atoms with Crippen LogP contribution in [0.3, 0.4) is 0 Å². The SMILES string of the molecule is COC(=O)c1ccncc1NCC1CCOc2cc(OCCC3CC3)ccc21. The maximum Gasteiger partial charge on any atom is 0.340 e. The van der Waals surface area contributed by atoms with Crippen molar-refractivity contribution in [2.45, 2.75) is 31.6 Å². The average molecular weight is 382 g/mol. The number of hydrogen-bond acceptors (Lipinski definition) is 6. The molecule has 148 valence electrons. The molecule has 1 N–H and O–H groups in total. The van der Waals surface area contributed by atoms with Crippen LogP contribution in [0, 0.1) is 5.92 Å². The van der Waals surface area contributed by atoms with Gasteiger partial charge in [0, 0.05) is 24.7 Å². The minimum atomic E-state index is -0.370. The molecule has 1 aliphatic heterocycles. The molecule has 1 aromatic heterocycles. The van der Waals surface area contributed by atoms with E-state index < -0.39 is 0 Å². The number of pyridine rings is 1. The van der Waals surface area contributed by atoms with Gasteiger partial charge in [0.2, 0.25) is 0 Å². The van der Waals surface area contributed by atoms with Crippen LogP contribution in [0.4, 0.5) is 5.69 Å². The second kappa shape index (κ2) is 8.50. The van der Waals surface area contributed by atoms with Crippen LogP contribution in [0.2, 0.25) is 0 Å². The summed E-state index contributed by atoms with van der Waals surface area (Å²) in [5.74, 6) is 2.54. The number of nitrogens with zero attached hydrogens (tertiary/aromatic N) is 1. The lowest BCUT2D eigenvalue weighted by atomic mass is 9.93. The highest BCUT2D eigenvalue weighted by atomic mass is 16.5. The summed E-state index contributed by atoms with van der Waals surface area (Å²) in [7, 11) is 1.38. The Morgan fingerprint density at radius 3 is 3.00 bits per heavy atom. The predicted molar refractivity (Wildman–Crippen MR) is 106 cm³/mol. The first-order valence-corrected chi connectivity index (χ1v) is 9.90. The molecule has 1 atom stereocenters. The van der Waals surface area contributed by atoms with Gasteiger partial charge in [0.1, 0.15) is 11.5 Å². The number of anilines is 1. The number of aromatic nitrogens is 1. The number of carbonyl (C=O) groups is 1. The molecule has 6 nitrogen and oxygen atoms in total. The molecular weight excluding hydrogens is 356 g/mol. The van der Waals surface area contributed by atoms with E-state index in [1.807, 2.05) is 12.1 Å². The fourth-order valence-electron chi connectivity index (χ4n) is 3.55. The summed E-state index contributed by atoms with van der Waals surface area (Å²) in [5.41, 5.74) is 2.34. The van der Waals surface area contributed by atoms with Crippen LogP contribution >= 0.6 is 0 Å². The molecule has 0 spiro atoms. The molecule has 4 rings (SSSR count). The van der Waals surface area contributed by atoms with Gasteiger partial charge in [-0.2, -0.15) is 0 Å². The van der Waals surface area contributed by atoms with E-state index in [2.05, 4.69) is 16.4 Å². The molecule has 28 heavy (non-hydrogen) atoms. The zero-order valence-corrected chi connectivity index (χ0v) is 16.1. The van der Waals surface area contributed by atoms with Crippen LogP contribution in [0.25, 0.3) is 0 Å². The maximum absolute atomic E-state index is 11.9. The average Bonchev–Trinajstić information content (AvgIpc) is 3.56. The van der Waals surface area contributed by atoms with E-state index in [9.17, 15) is 4.79 Å². The Labute approximate surface area is 165 Å². The number of methoxy groups -OCH3 is 1. The molecule has 1 aromatic carbocycles. The summed E-state index contributed by atoms with van der Waals surface area (Å²) in [4.78, 5) is 16.0. The number of rotatable bonds is 8. The van der Waals surface area contributed by atoms with Gasteiger partial charge in [-0.3, -0.25) is 4.98 Å². The summed E-state index contributed by atoms with van der Waals surface area (Å²) >= 11 is 0. The Kier molecular flexibility index (Phi) is 5.65. The molecule has 2 aliphatic rings. The molecule has 0 amide bonds. The van der Waals surface area contributed by atoms with Crippen molar-refractivity contribution in [3.05, 3.63) is 47.8 Å². The standard InChI is InChI=1S/C22H26N2O4/c1-26-22(25)19-6-9-23-14-20(19)24-13-16-8-11-28-21-12-17(4-5-18(16)21)27-10-7-15-2-3-15/h4-6,9,12,14-16,24H,2-3,7-8,10-11,13H2,1H3. The first kappa shape index (κ1) is 18.6. The highest BCUT2D eigenvalue weighted by Gasteiger charge is 2.24. The molecule has 0 saturated heterocycles. The summed E-state index contributed by atoms with van der Waals surface area (Å²) in [6, 6.07) is 7.78. The van der Waals surface area contributed by atoms with Crippen LogP contribution in [-0.2, 0) is 4.74 Å².